The molecule has 1 aromatic heterocycles. The third kappa shape index (κ3) is 4.46. The van der Waals surface area contributed by atoms with E-state index in [9.17, 15) is 0 Å². The van der Waals surface area contributed by atoms with Gasteiger partial charge in [-0.3, -0.25) is 0 Å². The minimum absolute atomic E-state index is 0.268. The van der Waals surface area contributed by atoms with Crippen molar-refractivity contribution in [3.63, 3.8) is 0 Å². The van der Waals surface area contributed by atoms with Crippen LogP contribution in [0.4, 0.5) is 5.69 Å². The van der Waals surface area contributed by atoms with Gasteiger partial charge in [-0.25, -0.2) is 4.98 Å². The Kier molecular flexibility index (Phi) is 6.60. The van der Waals surface area contributed by atoms with Gasteiger partial charge in [0.05, 0.1) is 25.4 Å². The van der Waals surface area contributed by atoms with Crippen LogP contribution in [0, 0.1) is 13.8 Å². The van der Waals surface area contributed by atoms with E-state index in [2.05, 4.69) is 50.4 Å². The summed E-state index contributed by atoms with van der Waals surface area (Å²) >= 11 is 0. The Balaban J connectivity index is 2.28. The van der Waals surface area contributed by atoms with Gasteiger partial charge in [-0.1, -0.05) is 29.8 Å². The molecule has 3 N–H and O–H groups in total. The third-order valence-electron chi connectivity index (χ3n) is 5.20. The van der Waals surface area contributed by atoms with Crippen LogP contribution in [0.3, 0.4) is 0 Å². The van der Waals surface area contributed by atoms with Crippen molar-refractivity contribution in [2.45, 2.75) is 39.7 Å². The molecule has 0 aliphatic carbocycles. The second kappa shape index (κ2) is 9.14. The predicted octanol–water partition coefficient (Wildman–Crippen LogP) is 5.08. The lowest BCUT2D eigenvalue weighted by atomic mass is 9.94. The zero-order chi connectivity index (χ0) is 21.0. The lowest BCUT2D eigenvalue weighted by Gasteiger charge is -2.21. The lowest BCUT2D eigenvalue weighted by molar-refractivity contribution is 0.399. The summed E-state index contributed by atoms with van der Waals surface area (Å²) in [5.74, 6) is 1.43. The molecule has 1 atom stereocenters. The molecule has 1 heterocycles. The molecule has 0 amide bonds. The van der Waals surface area contributed by atoms with Gasteiger partial charge in [-0.05, 0) is 51.3 Å². The molecular weight excluding hydrogens is 362 g/mol. The zero-order valence-electron chi connectivity index (χ0n) is 18.0. The Labute approximate surface area is 173 Å². The van der Waals surface area contributed by atoms with Crippen molar-refractivity contribution in [3.05, 3.63) is 47.5 Å². The van der Waals surface area contributed by atoms with Crippen LogP contribution >= 0.6 is 0 Å². The number of nitrogens with zero attached hydrogens (tertiary/aromatic N) is 1. The summed E-state index contributed by atoms with van der Waals surface area (Å²) in [5, 5.41) is 4.68. The van der Waals surface area contributed by atoms with Crippen molar-refractivity contribution in [1.29, 1.82) is 0 Å². The highest BCUT2D eigenvalue weighted by atomic mass is 16.5. The first kappa shape index (κ1) is 20.9. The molecule has 5 nitrogen and oxygen atoms in total. The SMILES string of the molecule is COc1cc(C)c2c(-c3cccc(C)c3)c(OC)cc(NC(C)CCCN)c2n1. The Morgan fingerprint density at radius 1 is 1.10 bits per heavy atom. The van der Waals surface area contributed by atoms with Crippen LogP contribution < -0.4 is 20.5 Å². The topological polar surface area (TPSA) is 69.4 Å². The number of aromatic nitrogens is 1. The Hall–Kier alpha value is -2.79. The zero-order valence-corrected chi connectivity index (χ0v) is 18.0. The first-order chi connectivity index (χ1) is 14.0. The van der Waals surface area contributed by atoms with Crippen LogP contribution in [-0.2, 0) is 0 Å². The van der Waals surface area contributed by atoms with Crippen molar-refractivity contribution in [2.24, 2.45) is 5.73 Å². The number of hydrogen-bond acceptors (Lipinski definition) is 5. The van der Waals surface area contributed by atoms with Gasteiger partial charge in [0.15, 0.2) is 0 Å². The highest BCUT2D eigenvalue weighted by Crippen LogP contribution is 2.43. The summed E-state index contributed by atoms with van der Waals surface area (Å²) in [7, 11) is 3.37. The van der Waals surface area contributed by atoms with E-state index in [0.717, 1.165) is 51.9 Å². The fraction of sp³-hybridized carbons (Fsp3) is 0.375. The number of benzene rings is 2. The molecule has 0 fully saturated rings. The Bertz CT molecular complexity index is 1000. The molecule has 0 spiro atoms. The number of ether oxygens (including phenoxy) is 2. The molecule has 0 saturated heterocycles. The van der Waals surface area contributed by atoms with E-state index in [1.807, 2.05) is 12.1 Å². The maximum Gasteiger partial charge on any atom is 0.213 e. The second-order valence-corrected chi connectivity index (χ2v) is 7.55. The van der Waals surface area contributed by atoms with Crippen LogP contribution in [0.2, 0.25) is 0 Å². The molecule has 5 heteroatoms. The summed E-state index contributed by atoms with van der Waals surface area (Å²) in [6.07, 6.45) is 1.96. The molecule has 29 heavy (non-hydrogen) atoms. The van der Waals surface area contributed by atoms with E-state index >= 15 is 0 Å². The Morgan fingerprint density at radius 2 is 1.90 bits per heavy atom. The van der Waals surface area contributed by atoms with E-state index in [0.29, 0.717) is 12.4 Å². The van der Waals surface area contributed by atoms with E-state index in [4.69, 9.17) is 20.2 Å². The third-order valence-corrected chi connectivity index (χ3v) is 5.20. The van der Waals surface area contributed by atoms with Crippen molar-refractivity contribution in [1.82, 2.24) is 4.98 Å². The number of pyridine rings is 1. The normalized spacial score (nSPS) is 12.1. The highest BCUT2D eigenvalue weighted by Gasteiger charge is 2.19. The second-order valence-electron chi connectivity index (χ2n) is 7.55. The monoisotopic (exact) mass is 393 g/mol. The summed E-state index contributed by atoms with van der Waals surface area (Å²) in [4.78, 5) is 4.81. The van der Waals surface area contributed by atoms with Crippen LogP contribution in [0.1, 0.15) is 30.9 Å². The van der Waals surface area contributed by atoms with E-state index in [1.54, 1.807) is 14.2 Å². The summed E-state index contributed by atoms with van der Waals surface area (Å²) in [5.41, 5.74) is 12.0. The van der Waals surface area contributed by atoms with Gasteiger partial charge in [0, 0.05) is 29.1 Å². The molecule has 154 valence electrons. The maximum absolute atomic E-state index is 5.84. The molecule has 3 aromatic rings. The minimum atomic E-state index is 0.268. The molecule has 0 aliphatic heterocycles. The summed E-state index contributed by atoms with van der Waals surface area (Å²) < 4.78 is 11.3. The van der Waals surface area contributed by atoms with Crippen LogP contribution in [0.5, 0.6) is 11.6 Å². The molecule has 0 saturated carbocycles. The van der Waals surface area contributed by atoms with Crippen molar-refractivity contribution >= 4 is 16.6 Å². The van der Waals surface area contributed by atoms with Crippen LogP contribution in [0.25, 0.3) is 22.0 Å². The Morgan fingerprint density at radius 3 is 2.55 bits per heavy atom. The van der Waals surface area contributed by atoms with E-state index in [-0.39, 0.29) is 6.04 Å². The number of rotatable bonds is 8. The van der Waals surface area contributed by atoms with Crippen molar-refractivity contribution in [3.8, 4) is 22.8 Å². The summed E-state index contributed by atoms with van der Waals surface area (Å²) in [6.45, 7) is 7.04. The van der Waals surface area contributed by atoms with Gasteiger partial charge in [-0.15, -0.1) is 0 Å². The summed E-state index contributed by atoms with van der Waals surface area (Å²) in [6, 6.07) is 12.8. The number of aryl methyl sites for hydroxylation is 2. The number of nitrogens with one attached hydrogen (secondary N) is 1. The molecule has 1 unspecified atom stereocenters. The average Bonchev–Trinajstić information content (AvgIpc) is 2.71. The minimum Gasteiger partial charge on any atom is -0.496 e. The van der Waals surface area contributed by atoms with E-state index < -0.39 is 0 Å². The smallest absolute Gasteiger partial charge is 0.213 e. The molecule has 0 aliphatic rings. The number of fused-ring (bicyclic) bond motifs is 1. The number of nitrogens with two attached hydrogens (primary N) is 1. The van der Waals surface area contributed by atoms with E-state index in [1.165, 1.54) is 5.56 Å². The highest BCUT2D eigenvalue weighted by molar-refractivity contribution is 6.06. The predicted molar refractivity (Wildman–Crippen MR) is 121 cm³/mol. The quantitative estimate of drug-likeness (QED) is 0.559. The molecule has 3 rings (SSSR count). The van der Waals surface area contributed by atoms with Gasteiger partial charge in [-0.2, -0.15) is 0 Å². The first-order valence-electron chi connectivity index (χ1n) is 10.1. The van der Waals surface area contributed by atoms with Crippen LogP contribution in [0.15, 0.2) is 36.4 Å². The van der Waals surface area contributed by atoms with Gasteiger partial charge in [0.2, 0.25) is 5.88 Å². The maximum atomic E-state index is 5.84. The van der Waals surface area contributed by atoms with Gasteiger partial charge >= 0.3 is 0 Å². The average molecular weight is 394 g/mol. The number of hydrogen-bond donors (Lipinski definition) is 2. The van der Waals surface area contributed by atoms with Crippen LogP contribution in [-0.4, -0.2) is 31.8 Å². The van der Waals surface area contributed by atoms with Gasteiger partial charge in [0.1, 0.15) is 5.75 Å². The van der Waals surface area contributed by atoms with Gasteiger partial charge in [0.25, 0.3) is 0 Å². The van der Waals surface area contributed by atoms with Crippen molar-refractivity contribution in [2.75, 3.05) is 26.1 Å². The van der Waals surface area contributed by atoms with Crippen molar-refractivity contribution < 1.29 is 9.47 Å². The number of methoxy groups -OCH3 is 2. The van der Waals surface area contributed by atoms with Gasteiger partial charge < -0.3 is 20.5 Å². The standard InChI is InChI=1S/C24H31N3O2/c1-15-8-6-10-18(12-15)23-20(28-4)14-19(26-17(3)9-7-11-25)24-22(23)16(2)13-21(27-24)29-5/h6,8,10,12-14,17,26H,7,9,11,25H2,1-5H3. The first-order valence-corrected chi connectivity index (χ1v) is 10.1. The molecule has 0 radical (unpaired) electrons. The largest absolute Gasteiger partial charge is 0.496 e. The fourth-order valence-corrected chi connectivity index (χ4v) is 3.77. The number of anilines is 1. The molecule has 0 bridgehead atoms. The molecular formula is C24H31N3O2. The fourth-order valence-electron chi connectivity index (χ4n) is 3.77. The lowest BCUT2D eigenvalue weighted by Crippen LogP contribution is -2.17. The molecule has 2 aromatic carbocycles.